The van der Waals surface area contributed by atoms with E-state index in [2.05, 4.69) is 9.97 Å². The van der Waals surface area contributed by atoms with Gasteiger partial charge in [0.05, 0.1) is 6.04 Å². The second-order valence-corrected chi connectivity index (χ2v) is 8.20. The van der Waals surface area contributed by atoms with Gasteiger partial charge in [-0.05, 0) is 24.1 Å². The maximum absolute atomic E-state index is 13.0. The molecule has 6 nitrogen and oxygen atoms in total. The van der Waals surface area contributed by atoms with E-state index in [9.17, 15) is 18.0 Å². The SMILES string of the molecule is Cc1ccccc1[C@H]1[C@@H]2CN(c3ccnc(C(F)(F)F)n3)C[C@@H]2CN1C(=O)N(C)C. The normalized spacial score (nSPS) is 23.6. The van der Waals surface area contributed by atoms with E-state index in [4.69, 9.17) is 0 Å². The predicted molar refractivity (Wildman–Crippen MR) is 106 cm³/mol. The molecule has 0 spiro atoms. The quantitative estimate of drug-likeness (QED) is 0.747. The Labute approximate surface area is 173 Å². The number of carbonyl (C=O) groups is 1. The summed E-state index contributed by atoms with van der Waals surface area (Å²) in [4.78, 5) is 25.3. The van der Waals surface area contributed by atoms with Crippen molar-refractivity contribution >= 4 is 11.8 Å². The van der Waals surface area contributed by atoms with Crippen LogP contribution in [0.1, 0.15) is 23.0 Å². The van der Waals surface area contributed by atoms with Gasteiger partial charge in [-0.1, -0.05) is 24.3 Å². The Morgan fingerprint density at radius 3 is 2.53 bits per heavy atom. The standard InChI is InChI=1S/C21H24F3N5O/c1-13-6-4-5-7-15(13)18-16-12-28(10-14(16)11-29(18)20(30)27(2)3)17-8-9-25-19(26-17)21(22,23)24/h4-9,14,16,18H,10-12H2,1-3H3/t14-,16-,18+/m1/s1. The van der Waals surface area contributed by atoms with Gasteiger partial charge in [0.25, 0.3) is 0 Å². The fourth-order valence-electron chi connectivity index (χ4n) is 4.66. The molecule has 0 unspecified atom stereocenters. The number of urea groups is 1. The highest BCUT2D eigenvalue weighted by atomic mass is 19.4. The maximum atomic E-state index is 13.0. The van der Waals surface area contributed by atoms with Crippen molar-refractivity contribution in [2.75, 3.05) is 38.6 Å². The van der Waals surface area contributed by atoms with E-state index in [1.807, 2.05) is 41.0 Å². The number of hydrogen-bond donors (Lipinski definition) is 0. The Hall–Kier alpha value is -2.84. The monoisotopic (exact) mass is 419 g/mol. The fourth-order valence-corrected chi connectivity index (χ4v) is 4.66. The molecule has 2 aromatic rings. The molecule has 1 aromatic carbocycles. The molecular weight excluding hydrogens is 395 g/mol. The number of benzene rings is 1. The van der Waals surface area contributed by atoms with Crippen LogP contribution in [0.5, 0.6) is 0 Å². The summed E-state index contributed by atoms with van der Waals surface area (Å²) in [7, 11) is 3.47. The van der Waals surface area contributed by atoms with Gasteiger partial charge in [0.15, 0.2) is 0 Å². The third kappa shape index (κ3) is 3.57. The number of fused-ring (bicyclic) bond motifs is 1. The third-order valence-electron chi connectivity index (χ3n) is 6.02. The lowest BCUT2D eigenvalue weighted by Gasteiger charge is -2.32. The van der Waals surface area contributed by atoms with Crippen LogP contribution in [-0.2, 0) is 6.18 Å². The summed E-state index contributed by atoms with van der Waals surface area (Å²) in [6, 6.07) is 9.32. The summed E-state index contributed by atoms with van der Waals surface area (Å²) in [6.45, 7) is 3.68. The topological polar surface area (TPSA) is 52.6 Å². The lowest BCUT2D eigenvalue weighted by Crippen LogP contribution is -2.41. The Kier molecular flexibility index (Phi) is 5.07. The van der Waals surface area contributed by atoms with Crippen LogP contribution in [0.2, 0.25) is 0 Å². The zero-order valence-corrected chi connectivity index (χ0v) is 17.1. The van der Waals surface area contributed by atoms with Crippen LogP contribution in [0.15, 0.2) is 36.5 Å². The first-order valence-electron chi connectivity index (χ1n) is 9.85. The van der Waals surface area contributed by atoms with Crippen LogP contribution in [0.25, 0.3) is 0 Å². The van der Waals surface area contributed by atoms with Crippen molar-refractivity contribution < 1.29 is 18.0 Å². The summed E-state index contributed by atoms with van der Waals surface area (Å²) in [5.41, 5.74) is 2.18. The molecule has 0 aliphatic carbocycles. The zero-order chi connectivity index (χ0) is 21.6. The molecule has 3 atom stereocenters. The second kappa shape index (κ2) is 7.45. The van der Waals surface area contributed by atoms with Crippen LogP contribution in [0.3, 0.4) is 0 Å². The molecule has 0 bridgehead atoms. The van der Waals surface area contributed by atoms with Gasteiger partial charge in [0, 0.05) is 51.8 Å². The van der Waals surface area contributed by atoms with E-state index in [1.54, 1.807) is 19.0 Å². The number of alkyl halides is 3. The van der Waals surface area contributed by atoms with Crippen molar-refractivity contribution in [2.45, 2.75) is 19.1 Å². The Balaban J connectivity index is 1.65. The van der Waals surface area contributed by atoms with E-state index >= 15 is 0 Å². The minimum atomic E-state index is -4.58. The molecule has 2 saturated heterocycles. The highest BCUT2D eigenvalue weighted by Gasteiger charge is 2.50. The molecule has 3 heterocycles. The van der Waals surface area contributed by atoms with Gasteiger partial charge in [-0.3, -0.25) is 0 Å². The van der Waals surface area contributed by atoms with Crippen LogP contribution in [0, 0.1) is 18.8 Å². The van der Waals surface area contributed by atoms with Gasteiger partial charge in [-0.2, -0.15) is 13.2 Å². The number of anilines is 1. The molecule has 1 aromatic heterocycles. The zero-order valence-electron chi connectivity index (χ0n) is 17.1. The average Bonchev–Trinajstić information content (AvgIpc) is 3.25. The van der Waals surface area contributed by atoms with E-state index in [1.165, 1.54) is 6.07 Å². The van der Waals surface area contributed by atoms with Gasteiger partial charge in [-0.15, -0.1) is 0 Å². The van der Waals surface area contributed by atoms with Crippen LogP contribution < -0.4 is 4.90 Å². The van der Waals surface area contributed by atoms with Gasteiger partial charge in [-0.25, -0.2) is 14.8 Å². The Morgan fingerprint density at radius 1 is 1.13 bits per heavy atom. The number of nitrogens with zero attached hydrogens (tertiary/aromatic N) is 5. The molecule has 4 rings (SSSR count). The van der Waals surface area contributed by atoms with Gasteiger partial charge >= 0.3 is 12.2 Å². The van der Waals surface area contributed by atoms with E-state index < -0.39 is 12.0 Å². The molecule has 0 saturated carbocycles. The lowest BCUT2D eigenvalue weighted by atomic mass is 9.88. The summed E-state index contributed by atoms with van der Waals surface area (Å²) < 4.78 is 39.1. The second-order valence-electron chi connectivity index (χ2n) is 8.20. The van der Waals surface area contributed by atoms with Crippen molar-refractivity contribution in [3.63, 3.8) is 0 Å². The first-order chi connectivity index (χ1) is 14.2. The molecule has 9 heteroatoms. The van der Waals surface area contributed by atoms with E-state index in [-0.39, 0.29) is 29.7 Å². The molecule has 160 valence electrons. The number of carbonyl (C=O) groups excluding carboxylic acids is 1. The average molecular weight is 419 g/mol. The number of likely N-dealkylation sites (tertiary alicyclic amines) is 1. The van der Waals surface area contributed by atoms with E-state index in [0.717, 1.165) is 17.3 Å². The first kappa shape index (κ1) is 20.4. The highest BCUT2D eigenvalue weighted by Crippen LogP contribution is 2.46. The molecule has 0 N–H and O–H groups in total. The van der Waals surface area contributed by atoms with Crippen molar-refractivity contribution in [1.29, 1.82) is 0 Å². The molecule has 2 amide bonds. The van der Waals surface area contributed by atoms with Gasteiger partial charge in [0.2, 0.25) is 5.82 Å². The summed E-state index contributed by atoms with van der Waals surface area (Å²) >= 11 is 0. The largest absolute Gasteiger partial charge is 0.451 e. The van der Waals surface area contributed by atoms with Crippen LogP contribution in [-0.4, -0.2) is 59.5 Å². The molecular formula is C21H24F3N5O. The first-order valence-corrected chi connectivity index (χ1v) is 9.85. The number of hydrogen-bond acceptors (Lipinski definition) is 4. The number of rotatable bonds is 2. The summed E-state index contributed by atoms with van der Waals surface area (Å²) in [5, 5.41) is 0. The van der Waals surface area contributed by atoms with Crippen molar-refractivity contribution in [2.24, 2.45) is 11.8 Å². The van der Waals surface area contributed by atoms with Crippen LogP contribution in [0.4, 0.5) is 23.8 Å². The molecule has 2 aliphatic rings. The van der Waals surface area contributed by atoms with Crippen molar-refractivity contribution in [1.82, 2.24) is 19.8 Å². The smallest absolute Gasteiger partial charge is 0.356 e. The predicted octanol–water partition coefficient (Wildman–Crippen LogP) is 3.59. The lowest BCUT2D eigenvalue weighted by molar-refractivity contribution is -0.144. The number of amides is 2. The van der Waals surface area contributed by atoms with E-state index in [0.29, 0.717) is 19.6 Å². The van der Waals surface area contributed by atoms with Gasteiger partial charge < -0.3 is 14.7 Å². The molecule has 30 heavy (non-hydrogen) atoms. The molecule has 2 aliphatic heterocycles. The van der Waals surface area contributed by atoms with Crippen molar-refractivity contribution in [3.8, 4) is 0 Å². The van der Waals surface area contributed by atoms with Crippen molar-refractivity contribution in [3.05, 3.63) is 53.5 Å². The summed E-state index contributed by atoms with van der Waals surface area (Å²) in [6.07, 6.45) is -3.43. The fraction of sp³-hybridized carbons (Fsp3) is 0.476. The minimum absolute atomic E-state index is 0.0504. The number of aryl methyl sites for hydroxylation is 1. The number of aromatic nitrogens is 2. The maximum Gasteiger partial charge on any atom is 0.451 e. The third-order valence-corrected chi connectivity index (χ3v) is 6.02. The molecule has 0 radical (unpaired) electrons. The Bertz CT molecular complexity index is 948. The minimum Gasteiger partial charge on any atom is -0.356 e. The highest BCUT2D eigenvalue weighted by molar-refractivity contribution is 5.75. The van der Waals surface area contributed by atoms with Gasteiger partial charge in [0.1, 0.15) is 5.82 Å². The summed E-state index contributed by atoms with van der Waals surface area (Å²) in [5.74, 6) is -0.584. The number of halogens is 3. The molecule has 2 fully saturated rings. The van der Waals surface area contributed by atoms with Crippen LogP contribution >= 0.6 is 0 Å². The Morgan fingerprint density at radius 2 is 1.87 bits per heavy atom.